The van der Waals surface area contributed by atoms with Crippen molar-refractivity contribution in [3.63, 3.8) is 0 Å². The van der Waals surface area contributed by atoms with Gasteiger partial charge >= 0.3 is 0 Å². The zero-order chi connectivity index (χ0) is 17.3. The first-order chi connectivity index (χ1) is 11.4. The number of rotatable bonds is 3. The summed E-state index contributed by atoms with van der Waals surface area (Å²) in [4.78, 5) is 13.5. The average Bonchev–Trinajstić information content (AvgIpc) is 3.04. The van der Waals surface area contributed by atoms with Crippen LogP contribution in [0.4, 0.5) is 5.69 Å². The molecule has 1 fully saturated rings. The smallest absolute Gasteiger partial charge is 0.280 e. The van der Waals surface area contributed by atoms with E-state index in [1.54, 1.807) is 24.3 Å². The van der Waals surface area contributed by atoms with Crippen LogP contribution >= 0.6 is 22.9 Å². The summed E-state index contributed by atoms with van der Waals surface area (Å²) in [6.45, 7) is 0. The van der Waals surface area contributed by atoms with Crippen molar-refractivity contribution in [2.45, 2.75) is 18.5 Å². The average molecular weight is 386 g/mol. The molecule has 0 radical (unpaired) electrons. The lowest BCUT2D eigenvalue weighted by molar-refractivity contribution is -0.120. The van der Waals surface area contributed by atoms with Gasteiger partial charge in [-0.2, -0.15) is 17.4 Å². The van der Waals surface area contributed by atoms with Crippen LogP contribution < -0.4 is 10.0 Å². The van der Waals surface area contributed by atoms with Gasteiger partial charge in [-0.25, -0.2) is 0 Å². The van der Waals surface area contributed by atoms with E-state index >= 15 is 0 Å². The Bertz CT molecular complexity index is 839. The van der Waals surface area contributed by atoms with Crippen molar-refractivity contribution < 1.29 is 13.2 Å². The lowest BCUT2D eigenvalue weighted by atomic mass is 10.1. The topological polar surface area (TPSA) is 78.5 Å². The maximum absolute atomic E-state index is 12.6. The van der Waals surface area contributed by atoms with Crippen molar-refractivity contribution in [3.8, 4) is 0 Å². The van der Waals surface area contributed by atoms with Crippen molar-refractivity contribution in [1.29, 1.82) is 0 Å². The SMILES string of the molecule is CN1C(C(=O)Nc2cccc(Cl)c2)CC(c2cccs2)NS1(=O)=O. The van der Waals surface area contributed by atoms with E-state index in [9.17, 15) is 13.2 Å². The fraction of sp³-hybridized carbons (Fsp3) is 0.267. The van der Waals surface area contributed by atoms with Crippen LogP contribution in [0.15, 0.2) is 41.8 Å². The molecule has 1 amide bonds. The summed E-state index contributed by atoms with van der Waals surface area (Å²) in [5, 5.41) is 5.11. The summed E-state index contributed by atoms with van der Waals surface area (Å²) >= 11 is 7.37. The van der Waals surface area contributed by atoms with E-state index < -0.39 is 22.3 Å². The molecular weight excluding hydrogens is 370 g/mol. The van der Waals surface area contributed by atoms with Gasteiger partial charge < -0.3 is 5.32 Å². The molecule has 0 spiro atoms. The first-order valence-corrected chi connectivity index (χ1v) is 9.92. The molecule has 128 valence electrons. The minimum absolute atomic E-state index is 0.350. The number of benzene rings is 1. The maximum atomic E-state index is 12.6. The van der Waals surface area contributed by atoms with Crippen LogP contribution in [-0.2, 0) is 15.0 Å². The van der Waals surface area contributed by atoms with Gasteiger partial charge in [-0.1, -0.05) is 23.7 Å². The van der Waals surface area contributed by atoms with Gasteiger partial charge in [0.2, 0.25) is 5.91 Å². The van der Waals surface area contributed by atoms with E-state index in [0.29, 0.717) is 17.1 Å². The second-order valence-electron chi connectivity index (χ2n) is 5.46. The molecule has 0 aliphatic carbocycles. The Morgan fingerprint density at radius 3 is 2.83 bits per heavy atom. The number of halogens is 1. The fourth-order valence-corrected chi connectivity index (χ4v) is 4.90. The predicted octanol–water partition coefficient (Wildman–Crippen LogP) is 2.62. The Labute approximate surface area is 149 Å². The van der Waals surface area contributed by atoms with Gasteiger partial charge in [-0.05, 0) is 36.1 Å². The van der Waals surface area contributed by atoms with Crippen LogP contribution in [0, 0.1) is 0 Å². The van der Waals surface area contributed by atoms with E-state index in [2.05, 4.69) is 10.0 Å². The van der Waals surface area contributed by atoms with Crippen LogP contribution in [0.3, 0.4) is 0 Å². The van der Waals surface area contributed by atoms with Crippen LogP contribution in [0.5, 0.6) is 0 Å². The first-order valence-electron chi connectivity index (χ1n) is 7.22. The van der Waals surface area contributed by atoms with Gasteiger partial charge in [0, 0.05) is 22.6 Å². The van der Waals surface area contributed by atoms with Gasteiger partial charge in [0.15, 0.2) is 0 Å². The van der Waals surface area contributed by atoms with Crippen LogP contribution in [0.2, 0.25) is 5.02 Å². The highest BCUT2D eigenvalue weighted by molar-refractivity contribution is 7.87. The van der Waals surface area contributed by atoms with E-state index in [4.69, 9.17) is 11.6 Å². The highest BCUT2D eigenvalue weighted by Crippen LogP contribution is 2.30. The number of hydrogen-bond donors (Lipinski definition) is 2. The van der Waals surface area contributed by atoms with Crippen LogP contribution in [0.1, 0.15) is 17.3 Å². The highest BCUT2D eigenvalue weighted by Gasteiger charge is 2.40. The molecule has 0 bridgehead atoms. The standard InChI is InChI=1S/C15H16ClN3O3S2/c1-19-13(15(20)17-11-5-2-4-10(16)8-11)9-12(18-24(19,21)22)14-6-3-7-23-14/h2-8,12-13,18H,9H2,1H3,(H,17,20). The zero-order valence-corrected chi connectivity index (χ0v) is 15.2. The molecule has 2 unspecified atom stereocenters. The van der Waals surface area contributed by atoms with Gasteiger partial charge in [0.25, 0.3) is 10.2 Å². The van der Waals surface area contributed by atoms with Gasteiger partial charge in [-0.3, -0.25) is 4.79 Å². The quantitative estimate of drug-likeness (QED) is 0.852. The number of nitrogens with one attached hydrogen (secondary N) is 2. The molecular formula is C15H16ClN3O3S2. The number of carbonyl (C=O) groups is 1. The lowest BCUT2D eigenvalue weighted by Gasteiger charge is -2.35. The summed E-state index contributed by atoms with van der Waals surface area (Å²) in [6, 6.07) is 9.23. The van der Waals surface area contributed by atoms with Crippen LogP contribution in [-0.4, -0.2) is 31.7 Å². The molecule has 1 aromatic carbocycles. The molecule has 3 rings (SSSR count). The molecule has 9 heteroatoms. The Hall–Kier alpha value is -1.45. The number of hydrogen-bond acceptors (Lipinski definition) is 4. The molecule has 1 aliphatic heterocycles. The van der Waals surface area contributed by atoms with Crippen molar-refractivity contribution in [3.05, 3.63) is 51.7 Å². The van der Waals surface area contributed by atoms with Crippen molar-refractivity contribution >= 4 is 44.7 Å². The molecule has 24 heavy (non-hydrogen) atoms. The van der Waals surface area contributed by atoms with Crippen molar-refractivity contribution in [2.24, 2.45) is 0 Å². The number of nitrogens with zero attached hydrogens (tertiary/aromatic N) is 1. The Balaban J connectivity index is 1.83. The molecule has 0 saturated carbocycles. The molecule has 1 saturated heterocycles. The zero-order valence-electron chi connectivity index (χ0n) is 12.8. The summed E-state index contributed by atoms with van der Waals surface area (Å²) in [5.74, 6) is -0.383. The van der Waals surface area contributed by atoms with Crippen molar-refractivity contribution in [1.82, 2.24) is 9.03 Å². The monoisotopic (exact) mass is 385 g/mol. The fourth-order valence-electron chi connectivity index (χ4n) is 2.58. The van der Waals surface area contributed by atoms with Gasteiger partial charge in [0.05, 0.1) is 6.04 Å². The maximum Gasteiger partial charge on any atom is 0.280 e. The minimum atomic E-state index is -3.73. The predicted molar refractivity (Wildman–Crippen MR) is 95.4 cm³/mol. The normalized spacial score (nSPS) is 23.8. The molecule has 1 aliphatic rings. The van der Waals surface area contributed by atoms with Crippen molar-refractivity contribution in [2.75, 3.05) is 12.4 Å². The third-order valence-electron chi connectivity index (χ3n) is 3.85. The molecule has 2 N–H and O–H groups in total. The third-order valence-corrected chi connectivity index (χ3v) is 6.67. The van der Waals surface area contributed by atoms with Crippen LogP contribution in [0.25, 0.3) is 0 Å². The summed E-state index contributed by atoms with van der Waals surface area (Å²) in [7, 11) is -2.33. The molecule has 2 atom stereocenters. The molecule has 2 heterocycles. The van der Waals surface area contributed by atoms with E-state index in [1.807, 2.05) is 17.5 Å². The second-order valence-corrected chi connectivity index (χ2v) is 8.64. The number of carbonyl (C=O) groups excluding carboxylic acids is 1. The third kappa shape index (κ3) is 3.62. The number of anilines is 1. The minimum Gasteiger partial charge on any atom is -0.325 e. The number of amides is 1. The number of likely N-dealkylation sites (N-methyl/N-ethyl adjacent to an activating group) is 1. The van der Waals surface area contributed by atoms with Gasteiger partial charge in [0.1, 0.15) is 6.04 Å². The highest BCUT2D eigenvalue weighted by atomic mass is 35.5. The second kappa shape index (κ2) is 6.81. The lowest BCUT2D eigenvalue weighted by Crippen LogP contribution is -2.55. The van der Waals surface area contributed by atoms with E-state index in [-0.39, 0.29) is 5.91 Å². The Kier molecular flexibility index (Phi) is 4.93. The summed E-state index contributed by atoms with van der Waals surface area (Å²) < 4.78 is 28.3. The van der Waals surface area contributed by atoms with E-state index in [1.165, 1.54) is 18.4 Å². The van der Waals surface area contributed by atoms with Gasteiger partial charge in [-0.15, -0.1) is 11.3 Å². The number of thiophene rings is 1. The molecule has 2 aromatic rings. The largest absolute Gasteiger partial charge is 0.325 e. The summed E-state index contributed by atoms with van der Waals surface area (Å²) in [6.07, 6.45) is 0.350. The molecule has 6 nitrogen and oxygen atoms in total. The molecule has 1 aromatic heterocycles. The summed E-state index contributed by atoms with van der Waals surface area (Å²) in [5.41, 5.74) is 0.532. The first kappa shape index (κ1) is 17.4. The van der Waals surface area contributed by atoms with E-state index in [0.717, 1.165) is 9.18 Å². The Morgan fingerprint density at radius 2 is 2.17 bits per heavy atom. The Morgan fingerprint density at radius 1 is 1.38 bits per heavy atom.